The Kier molecular flexibility index (Phi) is 5.49. The zero-order chi connectivity index (χ0) is 20.2. The van der Waals surface area contributed by atoms with Gasteiger partial charge in [-0.3, -0.25) is 0 Å². The predicted octanol–water partition coefficient (Wildman–Crippen LogP) is 5.96. The van der Waals surface area contributed by atoms with Gasteiger partial charge in [0.15, 0.2) is 0 Å². The molecule has 0 saturated carbocycles. The maximum absolute atomic E-state index is 6.07. The van der Waals surface area contributed by atoms with E-state index in [-0.39, 0.29) is 0 Å². The number of hydrogen-bond donors (Lipinski definition) is 2. The minimum Gasteiger partial charge on any atom is -0.496 e. The minimum atomic E-state index is 0.525. The van der Waals surface area contributed by atoms with E-state index in [2.05, 4.69) is 15.6 Å². The van der Waals surface area contributed by atoms with Gasteiger partial charge in [0.05, 0.1) is 12.6 Å². The number of benzene rings is 3. The zero-order valence-corrected chi connectivity index (χ0v) is 17.0. The lowest BCUT2D eigenvalue weighted by molar-refractivity contribution is 0.410. The number of ether oxygens (including phenoxy) is 1. The number of para-hydroxylation sites is 2. The van der Waals surface area contributed by atoms with Crippen LogP contribution < -0.4 is 15.4 Å². The van der Waals surface area contributed by atoms with Crippen LogP contribution in [0.4, 0.5) is 17.5 Å². The molecule has 0 fully saturated rings. The van der Waals surface area contributed by atoms with E-state index in [1.54, 1.807) is 7.11 Å². The van der Waals surface area contributed by atoms with Crippen molar-refractivity contribution in [2.45, 2.75) is 13.5 Å². The molecule has 0 aliphatic rings. The first-order valence-corrected chi connectivity index (χ1v) is 9.67. The molecule has 1 heterocycles. The van der Waals surface area contributed by atoms with Crippen LogP contribution in [0.5, 0.6) is 5.75 Å². The zero-order valence-electron chi connectivity index (χ0n) is 16.2. The fourth-order valence-corrected chi connectivity index (χ4v) is 3.41. The van der Waals surface area contributed by atoms with Gasteiger partial charge < -0.3 is 15.4 Å². The average molecular weight is 405 g/mol. The molecule has 6 heteroatoms. The van der Waals surface area contributed by atoms with Gasteiger partial charge in [0.1, 0.15) is 11.6 Å². The molecule has 3 aromatic carbocycles. The molecular formula is C23H21ClN4O. The molecule has 0 spiro atoms. The highest BCUT2D eigenvalue weighted by atomic mass is 35.5. The fourth-order valence-electron chi connectivity index (χ4n) is 3.18. The maximum atomic E-state index is 6.07. The van der Waals surface area contributed by atoms with E-state index < -0.39 is 0 Å². The van der Waals surface area contributed by atoms with E-state index in [4.69, 9.17) is 21.3 Å². The number of nitrogens with zero attached hydrogens (tertiary/aromatic N) is 2. The molecule has 4 rings (SSSR count). The van der Waals surface area contributed by atoms with Crippen molar-refractivity contribution in [3.63, 3.8) is 0 Å². The highest BCUT2D eigenvalue weighted by Gasteiger charge is 2.10. The van der Waals surface area contributed by atoms with E-state index in [0.717, 1.165) is 39.3 Å². The lowest BCUT2D eigenvalue weighted by Gasteiger charge is -2.14. The Morgan fingerprint density at radius 2 is 1.76 bits per heavy atom. The minimum absolute atomic E-state index is 0.525. The predicted molar refractivity (Wildman–Crippen MR) is 119 cm³/mol. The van der Waals surface area contributed by atoms with E-state index >= 15 is 0 Å². The number of aromatic nitrogens is 2. The molecule has 0 aliphatic heterocycles. The van der Waals surface area contributed by atoms with Crippen molar-refractivity contribution < 1.29 is 4.74 Å². The summed E-state index contributed by atoms with van der Waals surface area (Å²) in [6.07, 6.45) is 0. The molecule has 29 heavy (non-hydrogen) atoms. The molecule has 0 aliphatic carbocycles. The summed E-state index contributed by atoms with van der Waals surface area (Å²) in [4.78, 5) is 9.39. The van der Waals surface area contributed by atoms with Gasteiger partial charge in [0.2, 0.25) is 5.95 Å². The Labute approximate surface area is 174 Å². The highest BCUT2D eigenvalue weighted by molar-refractivity contribution is 6.30. The number of fused-ring (bicyclic) bond motifs is 1. The number of rotatable bonds is 6. The van der Waals surface area contributed by atoms with Crippen molar-refractivity contribution in [2.75, 3.05) is 17.7 Å². The summed E-state index contributed by atoms with van der Waals surface area (Å²) in [6.45, 7) is 2.58. The Hall–Kier alpha value is -3.31. The third-order valence-corrected chi connectivity index (χ3v) is 4.91. The first kappa shape index (κ1) is 19.0. The molecule has 0 radical (unpaired) electrons. The number of halogens is 1. The molecule has 0 atom stereocenters. The molecule has 2 N–H and O–H groups in total. The van der Waals surface area contributed by atoms with E-state index in [0.29, 0.717) is 17.5 Å². The Balaban J connectivity index is 1.67. The van der Waals surface area contributed by atoms with Crippen molar-refractivity contribution in [2.24, 2.45) is 0 Å². The Morgan fingerprint density at radius 3 is 2.59 bits per heavy atom. The maximum Gasteiger partial charge on any atom is 0.229 e. The summed E-state index contributed by atoms with van der Waals surface area (Å²) in [7, 11) is 1.68. The van der Waals surface area contributed by atoms with E-state index in [9.17, 15) is 0 Å². The van der Waals surface area contributed by atoms with Crippen molar-refractivity contribution in [1.82, 2.24) is 9.97 Å². The first-order valence-electron chi connectivity index (χ1n) is 9.30. The van der Waals surface area contributed by atoms with Crippen LogP contribution in [0.2, 0.25) is 5.02 Å². The van der Waals surface area contributed by atoms with Gasteiger partial charge in [-0.1, -0.05) is 41.9 Å². The number of anilines is 3. The number of aryl methyl sites for hydroxylation is 1. The average Bonchev–Trinajstić information content (AvgIpc) is 2.74. The first-order chi connectivity index (χ1) is 14.1. The van der Waals surface area contributed by atoms with Gasteiger partial charge >= 0.3 is 0 Å². The van der Waals surface area contributed by atoms with Crippen LogP contribution in [-0.4, -0.2) is 17.1 Å². The lowest BCUT2D eigenvalue weighted by atomic mass is 10.2. The molecule has 5 nitrogen and oxygen atoms in total. The Bertz CT molecular complexity index is 1160. The summed E-state index contributed by atoms with van der Waals surface area (Å²) < 4.78 is 5.45. The fraction of sp³-hybridized carbons (Fsp3) is 0.130. The summed E-state index contributed by atoms with van der Waals surface area (Å²) in [5.74, 6) is 2.13. The largest absolute Gasteiger partial charge is 0.496 e. The van der Waals surface area contributed by atoms with Crippen LogP contribution in [0.3, 0.4) is 0 Å². The molecule has 1 aromatic heterocycles. The van der Waals surface area contributed by atoms with E-state index in [1.165, 1.54) is 0 Å². The molecular weight excluding hydrogens is 384 g/mol. The van der Waals surface area contributed by atoms with Gasteiger partial charge in [-0.2, -0.15) is 4.98 Å². The topological polar surface area (TPSA) is 59.1 Å². The molecule has 0 unspecified atom stereocenters. The normalized spacial score (nSPS) is 10.7. The van der Waals surface area contributed by atoms with Crippen molar-refractivity contribution in [3.8, 4) is 5.75 Å². The SMILES string of the molecule is COc1ccccc1CNc1nc(Nc2ccc(Cl)cc2C)nc2ccccc12. The number of methoxy groups -OCH3 is 1. The van der Waals surface area contributed by atoms with Gasteiger partial charge in [-0.25, -0.2) is 4.98 Å². The molecule has 146 valence electrons. The van der Waals surface area contributed by atoms with Crippen LogP contribution in [0.15, 0.2) is 66.7 Å². The van der Waals surface area contributed by atoms with Gasteiger partial charge in [-0.15, -0.1) is 0 Å². The molecule has 0 saturated heterocycles. The standard InChI is InChI=1S/C23H21ClN4O/c1-15-13-17(24)11-12-19(15)26-23-27-20-9-5-4-8-18(20)22(28-23)25-14-16-7-3-6-10-21(16)29-2/h3-13H,14H2,1-2H3,(H2,25,26,27,28). The summed E-state index contributed by atoms with van der Waals surface area (Å²) in [6, 6.07) is 21.6. The van der Waals surface area contributed by atoms with Crippen LogP contribution in [-0.2, 0) is 6.54 Å². The molecule has 4 aromatic rings. The second-order valence-electron chi connectivity index (χ2n) is 6.66. The Morgan fingerprint density at radius 1 is 0.966 bits per heavy atom. The van der Waals surface area contributed by atoms with Crippen LogP contribution in [0, 0.1) is 6.92 Å². The van der Waals surface area contributed by atoms with Crippen LogP contribution in [0.1, 0.15) is 11.1 Å². The van der Waals surface area contributed by atoms with Crippen LogP contribution >= 0.6 is 11.6 Å². The number of nitrogens with one attached hydrogen (secondary N) is 2. The smallest absolute Gasteiger partial charge is 0.229 e. The van der Waals surface area contributed by atoms with Gasteiger partial charge in [-0.05, 0) is 48.9 Å². The second-order valence-corrected chi connectivity index (χ2v) is 7.10. The summed E-state index contributed by atoms with van der Waals surface area (Å²) >= 11 is 6.07. The number of hydrogen-bond acceptors (Lipinski definition) is 5. The quantitative estimate of drug-likeness (QED) is 0.415. The molecule has 0 bridgehead atoms. The van der Waals surface area contributed by atoms with Crippen LogP contribution in [0.25, 0.3) is 10.9 Å². The summed E-state index contributed by atoms with van der Waals surface area (Å²) in [5, 5.41) is 8.40. The monoisotopic (exact) mass is 404 g/mol. The van der Waals surface area contributed by atoms with E-state index in [1.807, 2.05) is 73.7 Å². The third kappa shape index (κ3) is 4.25. The van der Waals surface area contributed by atoms with Gasteiger partial charge in [0, 0.05) is 28.2 Å². The van der Waals surface area contributed by atoms with Gasteiger partial charge in [0.25, 0.3) is 0 Å². The van der Waals surface area contributed by atoms with Crippen molar-refractivity contribution in [3.05, 3.63) is 82.9 Å². The van der Waals surface area contributed by atoms with Crippen molar-refractivity contribution >= 4 is 40.0 Å². The lowest BCUT2D eigenvalue weighted by Crippen LogP contribution is -2.07. The highest BCUT2D eigenvalue weighted by Crippen LogP contribution is 2.27. The molecule has 0 amide bonds. The van der Waals surface area contributed by atoms with Crippen molar-refractivity contribution in [1.29, 1.82) is 0 Å². The second kappa shape index (κ2) is 8.37. The third-order valence-electron chi connectivity index (χ3n) is 4.68. The summed E-state index contributed by atoms with van der Waals surface area (Å²) in [5.41, 5.74) is 3.86.